The van der Waals surface area contributed by atoms with Crippen LogP contribution in [0, 0.1) is 23.7 Å². The Bertz CT molecular complexity index is 348. The van der Waals surface area contributed by atoms with Crippen molar-refractivity contribution in [1.29, 1.82) is 5.26 Å². The highest BCUT2D eigenvalue weighted by Gasteiger charge is 2.24. The minimum Gasteiger partial charge on any atom is -0.211 e. The maximum absolute atomic E-state index is 11.5. The van der Waals surface area contributed by atoms with E-state index in [1.807, 2.05) is 0 Å². The van der Waals surface area contributed by atoms with Crippen molar-refractivity contribution in [2.45, 2.75) is 38.0 Å². The zero-order valence-corrected chi connectivity index (χ0v) is 9.13. The first-order valence-electron chi connectivity index (χ1n) is 4.32. The van der Waals surface area contributed by atoms with Gasteiger partial charge in [0.2, 0.25) is 10.0 Å². The molecule has 2 atom stereocenters. The molecule has 14 heavy (non-hydrogen) atoms. The number of hydrogen-bond donors (Lipinski definition) is 1. The maximum Gasteiger partial charge on any atom is 0.228 e. The average Bonchev–Trinajstić information content (AvgIpc) is 2.04. The third-order valence-corrected chi connectivity index (χ3v) is 3.60. The summed E-state index contributed by atoms with van der Waals surface area (Å²) in [6, 6.07) is 1.41. The van der Waals surface area contributed by atoms with Gasteiger partial charge in [0, 0.05) is 12.5 Å². The lowest BCUT2D eigenvalue weighted by molar-refractivity contribution is 0.555. The highest BCUT2D eigenvalue weighted by Crippen LogP contribution is 2.04. The second kappa shape index (κ2) is 5.64. The van der Waals surface area contributed by atoms with Crippen molar-refractivity contribution in [1.82, 2.24) is 4.72 Å². The highest BCUT2D eigenvalue weighted by molar-refractivity contribution is 7.90. The van der Waals surface area contributed by atoms with Crippen molar-refractivity contribution >= 4 is 10.0 Å². The lowest BCUT2D eigenvalue weighted by atomic mass is 10.3. The largest absolute Gasteiger partial charge is 0.228 e. The number of sulfonamides is 1. The molecule has 0 aliphatic heterocycles. The summed E-state index contributed by atoms with van der Waals surface area (Å²) in [5, 5.41) is 7.60. The molecule has 0 aromatic rings. The van der Waals surface area contributed by atoms with Crippen molar-refractivity contribution in [3.05, 3.63) is 0 Å². The van der Waals surface area contributed by atoms with Gasteiger partial charge in [-0.15, -0.1) is 12.3 Å². The van der Waals surface area contributed by atoms with Crippen molar-refractivity contribution in [3.8, 4) is 18.4 Å². The van der Waals surface area contributed by atoms with Gasteiger partial charge in [0.25, 0.3) is 0 Å². The second-order valence-corrected chi connectivity index (χ2v) is 4.89. The minimum atomic E-state index is -3.55. The van der Waals surface area contributed by atoms with Gasteiger partial charge < -0.3 is 0 Å². The van der Waals surface area contributed by atoms with Gasteiger partial charge in [-0.25, -0.2) is 13.1 Å². The highest BCUT2D eigenvalue weighted by atomic mass is 32.2. The number of hydrogen-bond acceptors (Lipinski definition) is 3. The molecule has 0 aliphatic rings. The summed E-state index contributed by atoms with van der Waals surface area (Å²) in [5.74, 6) is 2.36. The van der Waals surface area contributed by atoms with Crippen molar-refractivity contribution < 1.29 is 8.42 Å². The van der Waals surface area contributed by atoms with Crippen LogP contribution in [0.25, 0.3) is 0 Å². The minimum absolute atomic E-state index is 0.272. The predicted molar refractivity (Wildman–Crippen MR) is 54.7 cm³/mol. The number of terminal acetylenes is 1. The average molecular weight is 214 g/mol. The van der Waals surface area contributed by atoms with Crippen LogP contribution in [0.4, 0.5) is 0 Å². The van der Waals surface area contributed by atoms with E-state index in [9.17, 15) is 8.42 Å². The number of rotatable bonds is 5. The smallest absolute Gasteiger partial charge is 0.211 e. The molecule has 78 valence electrons. The molecule has 0 aliphatic carbocycles. The fourth-order valence-corrected chi connectivity index (χ4v) is 2.35. The predicted octanol–water partition coefficient (Wildman–Crippen LogP) is 0.620. The monoisotopic (exact) mass is 214 g/mol. The first-order chi connectivity index (χ1) is 6.47. The Kier molecular flexibility index (Phi) is 5.22. The second-order valence-electron chi connectivity index (χ2n) is 3.00. The van der Waals surface area contributed by atoms with Crippen molar-refractivity contribution in [2.75, 3.05) is 0 Å². The van der Waals surface area contributed by atoms with E-state index in [4.69, 9.17) is 11.7 Å². The molecule has 0 bridgehead atoms. The third-order valence-electron chi connectivity index (χ3n) is 1.68. The van der Waals surface area contributed by atoms with Crippen LogP contribution in [0.5, 0.6) is 0 Å². The zero-order chi connectivity index (χ0) is 11.2. The summed E-state index contributed by atoms with van der Waals surface area (Å²) in [6.07, 6.45) is 5.63. The Hall–Kier alpha value is -1.04. The molecule has 0 saturated heterocycles. The van der Waals surface area contributed by atoms with E-state index in [1.165, 1.54) is 0 Å². The summed E-state index contributed by atoms with van der Waals surface area (Å²) < 4.78 is 25.3. The fraction of sp³-hybridized carbons (Fsp3) is 0.667. The maximum atomic E-state index is 11.5. The van der Waals surface area contributed by atoms with Crippen molar-refractivity contribution in [3.63, 3.8) is 0 Å². The fourth-order valence-electron chi connectivity index (χ4n) is 0.961. The van der Waals surface area contributed by atoms with E-state index in [2.05, 4.69) is 10.6 Å². The molecule has 1 N–H and O–H groups in total. The van der Waals surface area contributed by atoms with Crippen LogP contribution in [-0.4, -0.2) is 19.7 Å². The van der Waals surface area contributed by atoms with E-state index in [-0.39, 0.29) is 12.5 Å². The molecular weight excluding hydrogens is 200 g/mol. The molecule has 0 saturated carbocycles. The van der Waals surface area contributed by atoms with Gasteiger partial charge in [0.1, 0.15) is 0 Å². The Morgan fingerprint density at radius 3 is 2.50 bits per heavy atom. The molecule has 4 nitrogen and oxygen atoms in total. The summed E-state index contributed by atoms with van der Waals surface area (Å²) in [7, 11) is -3.55. The van der Waals surface area contributed by atoms with Gasteiger partial charge in [-0.2, -0.15) is 5.26 Å². The van der Waals surface area contributed by atoms with Gasteiger partial charge in [-0.05, 0) is 13.3 Å². The standard InChI is InChI=1S/C9H14N2O2S/c1-4-6-8(3)11-14(12,13)9(5-2)7-10/h1,8-9,11H,5-6H2,2-3H3. The van der Waals surface area contributed by atoms with Gasteiger partial charge in [-0.1, -0.05) is 6.92 Å². The molecule has 0 rings (SSSR count). The van der Waals surface area contributed by atoms with Crippen LogP contribution in [0.1, 0.15) is 26.7 Å². The summed E-state index contributed by atoms with van der Waals surface area (Å²) >= 11 is 0. The Morgan fingerprint density at radius 2 is 2.14 bits per heavy atom. The van der Waals surface area contributed by atoms with Crippen molar-refractivity contribution in [2.24, 2.45) is 0 Å². The van der Waals surface area contributed by atoms with Gasteiger partial charge >= 0.3 is 0 Å². The van der Waals surface area contributed by atoms with E-state index >= 15 is 0 Å². The number of nitrogens with zero attached hydrogens (tertiary/aromatic N) is 1. The summed E-state index contributed by atoms with van der Waals surface area (Å²) in [4.78, 5) is 0. The van der Waals surface area contributed by atoms with Crippen LogP contribution < -0.4 is 4.72 Å². The normalized spacial score (nSPS) is 15.1. The SMILES string of the molecule is C#CCC(C)NS(=O)(=O)C(C#N)CC. The zero-order valence-electron chi connectivity index (χ0n) is 8.32. The Labute approximate surface area is 85.4 Å². The van der Waals surface area contributed by atoms with E-state index in [0.717, 1.165) is 0 Å². The molecule has 5 heteroatoms. The lowest BCUT2D eigenvalue weighted by Gasteiger charge is -2.13. The quantitative estimate of drug-likeness (QED) is 0.682. The molecule has 0 aromatic heterocycles. The molecule has 0 fully saturated rings. The topological polar surface area (TPSA) is 70.0 Å². The van der Waals surface area contributed by atoms with Crippen LogP contribution in [0.15, 0.2) is 0 Å². The van der Waals surface area contributed by atoms with Gasteiger partial charge in [0.15, 0.2) is 5.25 Å². The van der Waals surface area contributed by atoms with E-state index in [1.54, 1.807) is 19.9 Å². The summed E-state index contributed by atoms with van der Waals surface area (Å²) in [5.41, 5.74) is 0. The first-order valence-corrected chi connectivity index (χ1v) is 5.86. The van der Waals surface area contributed by atoms with Gasteiger partial charge in [-0.3, -0.25) is 0 Å². The Morgan fingerprint density at radius 1 is 1.57 bits per heavy atom. The molecule has 0 radical (unpaired) electrons. The van der Waals surface area contributed by atoms with Crippen LogP contribution in [0.3, 0.4) is 0 Å². The molecule has 0 aromatic carbocycles. The molecular formula is C9H14N2O2S. The molecule has 2 unspecified atom stereocenters. The summed E-state index contributed by atoms with van der Waals surface area (Å²) in [6.45, 7) is 3.32. The number of nitrogens with one attached hydrogen (secondary N) is 1. The van der Waals surface area contributed by atoms with E-state index < -0.39 is 15.3 Å². The molecule has 0 heterocycles. The molecule has 0 amide bonds. The van der Waals surface area contributed by atoms with Gasteiger partial charge in [0.05, 0.1) is 6.07 Å². The van der Waals surface area contributed by atoms with Crippen LogP contribution in [-0.2, 0) is 10.0 Å². The molecule has 0 spiro atoms. The van der Waals surface area contributed by atoms with E-state index in [0.29, 0.717) is 6.42 Å². The van der Waals surface area contributed by atoms with Crippen LogP contribution in [0.2, 0.25) is 0 Å². The lowest BCUT2D eigenvalue weighted by Crippen LogP contribution is -2.38. The number of nitriles is 1. The van der Waals surface area contributed by atoms with Crippen LogP contribution >= 0.6 is 0 Å². The first kappa shape index (κ1) is 13.0. The third kappa shape index (κ3) is 3.78. The Balaban J connectivity index is 4.52.